The van der Waals surface area contributed by atoms with E-state index in [9.17, 15) is 9.90 Å². The van der Waals surface area contributed by atoms with Crippen molar-refractivity contribution in [2.45, 2.75) is 44.9 Å². The summed E-state index contributed by atoms with van der Waals surface area (Å²) in [5, 5.41) is 18.8. The molecule has 0 radical (unpaired) electrons. The molecule has 0 saturated heterocycles. The molecule has 1 aromatic carbocycles. The molecule has 2 N–H and O–H groups in total. The standard InChI is InChI=1S/C14H18O3/c1-9-6-11(7-10(2)13(9)17)14(4-3-5-14)8-12(15)16/h6-7,17H,3-5,8H2,1-2H3,(H,15,16). The van der Waals surface area contributed by atoms with Crippen molar-refractivity contribution < 1.29 is 15.0 Å². The third kappa shape index (κ3) is 2.02. The van der Waals surface area contributed by atoms with Crippen molar-refractivity contribution in [3.05, 3.63) is 28.8 Å². The van der Waals surface area contributed by atoms with Crippen molar-refractivity contribution in [1.82, 2.24) is 0 Å². The molecule has 0 spiro atoms. The summed E-state index contributed by atoms with van der Waals surface area (Å²) in [5.41, 5.74) is 2.53. The van der Waals surface area contributed by atoms with E-state index in [0.717, 1.165) is 36.0 Å². The second-order valence-electron chi connectivity index (χ2n) is 5.16. The number of carbonyl (C=O) groups is 1. The van der Waals surface area contributed by atoms with E-state index in [1.165, 1.54) is 0 Å². The van der Waals surface area contributed by atoms with Crippen LogP contribution in [0.25, 0.3) is 0 Å². The van der Waals surface area contributed by atoms with Gasteiger partial charge in [0.05, 0.1) is 6.42 Å². The van der Waals surface area contributed by atoms with Crippen molar-refractivity contribution in [3.63, 3.8) is 0 Å². The maximum Gasteiger partial charge on any atom is 0.304 e. The lowest BCUT2D eigenvalue weighted by Crippen LogP contribution is -2.36. The third-order valence-electron chi connectivity index (χ3n) is 3.90. The van der Waals surface area contributed by atoms with Crippen molar-refractivity contribution in [1.29, 1.82) is 0 Å². The molecule has 2 rings (SSSR count). The normalized spacial score (nSPS) is 17.5. The first-order valence-electron chi connectivity index (χ1n) is 5.97. The molecule has 1 aliphatic carbocycles. The largest absolute Gasteiger partial charge is 0.507 e. The quantitative estimate of drug-likeness (QED) is 0.845. The van der Waals surface area contributed by atoms with Gasteiger partial charge in [0.2, 0.25) is 0 Å². The van der Waals surface area contributed by atoms with E-state index in [0.29, 0.717) is 5.75 Å². The van der Waals surface area contributed by atoms with E-state index in [2.05, 4.69) is 0 Å². The van der Waals surface area contributed by atoms with Gasteiger partial charge in [0.25, 0.3) is 0 Å². The highest BCUT2D eigenvalue weighted by Gasteiger charge is 2.40. The summed E-state index contributed by atoms with van der Waals surface area (Å²) in [6.07, 6.45) is 3.15. The number of benzene rings is 1. The van der Waals surface area contributed by atoms with Crippen molar-refractivity contribution >= 4 is 5.97 Å². The van der Waals surface area contributed by atoms with Gasteiger partial charge in [0.15, 0.2) is 0 Å². The van der Waals surface area contributed by atoms with Gasteiger partial charge in [-0.2, -0.15) is 0 Å². The summed E-state index contributed by atoms with van der Waals surface area (Å²) < 4.78 is 0. The summed E-state index contributed by atoms with van der Waals surface area (Å²) in [7, 11) is 0. The van der Waals surface area contributed by atoms with Gasteiger partial charge >= 0.3 is 5.97 Å². The van der Waals surface area contributed by atoms with Crippen LogP contribution in [0.5, 0.6) is 5.75 Å². The molecule has 0 unspecified atom stereocenters. The van der Waals surface area contributed by atoms with Crippen LogP contribution in [0.3, 0.4) is 0 Å². The second-order valence-corrected chi connectivity index (χ2v) is 5.16. The number of aryl methyl sites for hydroxylation is 2. The Bertz CT molecular complexity index is 436. The van der Waals surface area contributed by atoms with Gasteiger partial charge < -0.3 is 10.2 Å². The summed E-state index contributed by atoms with van der Waals surface area (Å²) >= 11 is 0. The van der Waals surface area contributed by atoms with Crippen LogP contribution >= 0.6 is 0 Å². The topological polar surface area (TPSA) is 57.5 Å². The summed E-state index contributed by atoms with van der Waals surface area (Å²) in [5.74, 6) is -0.424. The first kappa shape index (κ1) is 12.0. The molecule has 1 saturated carbocycles. The van der Waals surface area contributed by atoms with Crippen LogP contribution in [0, 0.1) is 13.8 Å². The van der Waals surface area contributed by atoms with E-state index in [4.69, 9.17) is 5.11 Å². The Morgan fingerprint density at radius 2 is 1.82 bits per heavy atom. The Kier molecular flexibility index (Phi) is 2.86. The van der Waals surface area contributed by atoms with Gasteiger partial charge in [0.1, 0.15) is 5.75 Å². The van der Waals surface area contributed by atoms with Crippen molar-refractivity contribution in [2.75, 3.05) is 0 Å². The predicted molar refractivity (Wildman–Crippen MR) is 65.4 cm³/mol. The number of hydrogen-bond donors (Lipinski definition) is 2. The van der Waals surface area contributed by atoms with Crippen LogP contribution in [0.4, 0.5) is 0 Å². The fourth-order valence-electron chi connectivity index (χ4n) is 2.72. The highest BCUT2D eigenvalue weighted by atomic mass is 16.4. The lowest BCUT2D eigenvalue weighted by molar-refractivity contribution is -0.139. The smallest absolute Gasteiger partial charge is 0.304 e. The van der Waals surface area contributed by atoms with E-state index < -0.39 is 5.97 Å². The van der Waals surface area contributed by atoms with Crippen molar-refractivity contribution in [3.8, 4) is 5.75 Å². The molecule has 3 nitrogen and oxygen atoms in total. The van der Waals surface area contributed by atoms with E-state index >= 15 is 0 Å². The highest BCUT2D eigenvalue weighted by Crippen LogP contribution is 2.47. The zero-order chi connectivity index (χ0) is 12.6. The number of aromatic hydroxyl groups is 1. The maximum atomic E-state index is 11.0. The Balaban J connectivity index is 2.41. The molecule has 0 atom stereocenters. The molecule has 92 valence electrons. The Labute approximate surface area is 101 Å². The molecule has 0 aliphatic heterocycles. The zero-order valence-electron chi connectivity index (χ0n) is 10.3. The number of aliphatic carboxylic acids is 1. The number of carboxylic acid groups (broad SMARTS) is 1. The summed E-state index contributed by atoms with van der Waals surface area (Å²) in [6.45, 7) is 3.72. The van der Waals surface area contributed by atoms with E-state index in [1.807, 2.05) is 26.0 Å². The lowest BCUT2D eigenvalue weighted by Gasteiger charge is -2.41. The van der Waals surface area contributed by atoms with Crippen LogP contribution in [0.1, 0.15) is 42.4 Å². The third-order valence-corrected chi connectivity index (χ3v) is 3.90. The fraction of sp³-hybridized carbons (Fsp3) is 0.500. The second kappa shape index (κ2) is 4.06. The van der Waals surface area contributed by atoms with E-state index in [-0.39, 0.29) is 11.8 Å². The summed E-state index contributed by atoms with van der Waals surface area (Å²) in [4.78, 5) is 11.0. The fourth-order valence-corrected chi connectivity index (χ4v) is 2.72. The highest BCUT2D eigenvalue weighted by molar-refractivity contribution is 5.69. The predicted octanol–water partition coefficient (Wildman–Crippen LogP) is 2.91. The van der Waals surface area contributed by atoms with Gasteiger partial charge in [-0.3, -0.25) is 4.79 Å². The van der Waals surface area contributed by atoms with Gasteiger partial charge in [-0.15, -0.1) is 0 Å². The Morgan fingerprint density at radius 1 is 1.29 bits per heavy atom. The molecule has 0 bridgehead atoms. The molecule has 1 aliphatic rings. The Hall–Kier alpha value is -1.51. The molecular weight excluding hydrogens is 216 g/mol. The monoisotopic (exact) mass is 234 g/mol. The minimum Gasteiger partial charge on any atom is -0.507 e. The molecule has 17 heavy (non-hydrogen) atoms. The molecule has 0 aromatic heterocycles. The maximum absolute atomic E-state index is 11.0. The van der Waals surface area contributed by atoms with E-state index in [1.54, 1.807) is 0 Å². The molecule has 0 amide bonds. The number of phenols is 1. The molecule has 3 heteroatoms. The number of phenolic OH excluding ortho intramolecular Hbond substituents is 1. The molecular formula is C14H18O3. The van der Waals surface area contributed by atoms with Crippen molar-refractivity contribution in [2.24, 2.45) is 0 Å². The molecule has 1 fully saturated rings. The molecule has 1 aromatic rings. The van der Waals surface area contributed by atoms with Crippen LogP contribution in [0.2, 0.25) is 0 Å². The number of rotatable bonds is 3. The average Bonchev–Trinajstić information content (AvgIpc) is 2.19. The first-order valence-corrected chi connectivity index (χ1v) is 5.97. The van der Waals surface area contributed by atoms with Crippen LogP contribution in [-0.2, 0) is 10.2 Å². The summed E-state index contributed by atoms with van der Waals surface area (Å²) in [6, 6.07) is 3.87. The average molecular weight is 234 g/mol. The minimum absolute atomic E-state index is 0.191. The van der Waals surface area contributed by atoms with Crippen LogP contribution in [-0.4, -0.2) is 16.2 Å². The van der Waals surface area contributed by atoms with Gasteiger partial charge in [-0.1, -0.05) is 18.6 Å². The van der Waals surface area contributed by atoms with Gasteiger partial charge in [0, 0.05) is 5.41 Å². The first-order chi connectivity index (χ1) is 7.94. The zero-order valence-corrected chi connectivity index (χ0v) is 10.3. The van der Waals surface area contributed by atoms with Crippen LogP contribution in [0.15, 0.2) is 12.1 Å². The van der Waals surface area contributed by atoms with Crippen LogP contribution < -0.4 is 0 Å². The number of hydrogen-bond acceptors (Lipinski definition) is 2. The SMILES string of the molecule is Cc1cc(C2(CC(=O)O)CCC2)cc(C)c1O. The Morgan fingerprint density at radius 3 is 2.18 bits per heavy atom. The van der Waals surface area contributed by atoms with Gasteiger partial charge in [-0.05, 0) is 43.4 Å². The van der Waals surface area contributed by atoms with Gasteiger partial charge in [-0.25, -0.2) is 0 Å². The lowest BCUT2D eigenvalue weighted by atomic mass is 9.62. The molecule has 0 heterocycles. The number of carboxylic acids is 1. The minimum atomic E-state index is -0.743.